The van der Waals surface area contributed by atoms with Gasteiger partial charge in [0, 0.05) is 13.1 Å². The number of alkyl halides is 3. The van der Waals surface area contributed by atoms with Crippen LogP contribution in [0.3, 0.4) is 0 Å². The van der Waals surface area contributed by atoms with Crippen LogP contribution in [-0.4, -0.2) is 35.9 Å². The highest BCUT2D eigenvalue weighted by Gasteiger charge is 2.64. The Bertz CT molecular complexity index is 759. The van der Waals surface area contributed by atoms with Crippen LogP contribution in [0.2, 0.25) is 0 Å². The molecule has 2 saturated carbocycles. The monoisotopic (exact) mass is 409 g/mol. The first kappa shape index (κ1) is 20.5. The number of carbonyl (C=O) groups is 1. The Kier molecular flexibility index (Phi) is 4.71. The predicted octanol–water partition coefficient (Wildman–Crippen LogP) is 6.18. The van der Waals surface area contributed by atoms with E-state index in [0.29, 0.717) is 24.6 Å². The van der Waals surface area contributed by atoms with Crippen molar-refractivity contribution in [2.75, 3.05) is 13.1 Å². The van der Waals surface area contributed by atoms with Crippen LogP contribution in [-0.2, 0) is 10.2 Å². The van der Waals surface area contributed by atoms with E-state index in [2.05, 4.69) is 0 Å². The quantitative estimate of drug-likeness (QED) is 0.584. The fourth-order valence-corrected chi connectivity index (χ4v) is 5.05. The van der Waals surface area contributed by atoms with E-state index in [-0.39, 0.29) is 24.3 Å². The molecule has 4 rings (SSSR count). The summed E-state index contributed by atoms with van der Waals surface area (Å²) in [7, 11) is 0. The standard InChI is InChI=1S/C23H30F3NO2/c1-20(2,3)29-19(28)27-12-10-21(11-13-27)14-17(15-21)16-4-6-18(7-5-16)22(8-9-22)23(24,25)26/h4-7,17H,8-15H2,1-3H3. The van der Waals surface area contributed by atoms with Gasteiger partial charge in [0.15, 0.2) is 0 Å². The van der Waals surface area contributed by atoms with Crippen molar-refractivity contribution < 1.29 is 22.7 Å². The van der Waals surface area contributed by atoms with Crippen molar-refractivity contribution >= 4 is 6.09 Å². The first-order chi connectivity index (χ1) is 13.4. The lowest BCUT2D eigenvalue weighted by Crippen LogP contribution is -2.49. The Balaban J connectivity index is 1.31. The zero-order valence-corrected chi connectivity index (χ0v) is 17.4. The molecular formula is C23H30F3NO2. The van der Waals surface area contributed by atoms with Gasteiger partial charge >= 0.3 is 12.3 Å². The molecule has 160 valence electrons. The van der Waals surface area contributed by atoms with Crippen molar-refractivity contribution in [3.63, 3.8) is 0 Å². The van der Waals surface area contributed by atoms with Crippen molar-refractivity contribution in [3.05, 3.63) is 35.4 Å². The number of benzene rings is 1. The Hall–Kier alpha value is -1.72. The molecule has 6 heteroatoms. The first-order valence-electron chi connectivity index (χ1n) is 10.6. The van der Waals surface area contributed by atoms with Gasteiger partial charge < -0.3 is 9.64 Å². The summed E-state index contributed by atoms with van der Waals surface area (Å²) in [6.07, 6.45) is 0.0652. The average molecular weight is 409 g/mol. The van der Waals surface area contributed by atoms with Crippen LogP contribution in [0.25, 0.3) is 0 Å². The molecule has 0 bridgehead atoms. The van der Waals surface area contributed by atoms with Crippen LogP contribution < -0.4 is 0 Å². The lowest BCUT2D eigenvalue weighted by molar-refractivity contribution is -0.160. The van der Waals surface area contributed by atoms with Gasteiger partial charge in [0.1, 0.15) is 5.60 Å². The van der Waals surface area contributed by atoms with Gasteiger partial charge in [-0.15, -0.1) is 0 Å². The zero-order chi connectivity index (χ0) is 21.1. The molecule has 0 N–H and O–H groups in total. The van der Waals surface area contributed by atoms with Gasteiger partial charge in [0.25, 0.3) is 0 Å². The summed E-state index contributed by atoms with van der Waals surface area (Å²) in [6, 6.07) is 7.17. The molecule has 3 aliphatic rings. The van der Waals surface area contributed by atoms with Crippen LogP contribution >= 0.6 is 0 Å². The maximum Gasteiger partial charge on any atom is 0.410 e. The fourth-order valence-electron chi connectivity index (χ4n) is 5.05. The van der Waals surface area contributed by atoms with Gasteiger partial charge in [0.05, 0.1) is 5.41 Å². The van der Waals surface area contributed by atoms with Crippen LogP contribution in [0.15, 0.2) is 24.3 Å². The first-order valence-corrected chi connectivity index (χ1v) is 10.6. The topological polar surface area (TPSA) is 29.5 Å². The van der Waals surface area contributed by atoms with Crippen molar-refractivity contribution in [2.45, 2.75) is 82.4 Å². The molecule has 1 saturated heterocycles. The number of rotatable bonds is 2. The Morgan fingerprint density at radius 2 is 1.55 bits per heavy atom. The normalized spacial score (nSPS) is 23.6. The van der Waals surface area contributed by atoms with Crippen LogP contribution in [0.1, 0.15) is 76.3 Å². The number of likely N-dealkylation sites (tertiary alicyclic amines) is 1. The van der Waals surface area contributed by atoms with Crippen LogP contribution in [0, 0.1) is 5.41 Å². The van der Waals surface area contributed by atoms with Crippen molar-refractivity contribution in [1.29, 1.82) is 0 Å². The molecule has 3 nitrogen and oxygen atoms in total. The maximum atomic E-state index is 13.3. The largest absolute Gasteiger partial charge is 0.444 e. The number of hydrogen-bond acceptors (Lipinski definition) is 2. The summed E-state index contributed by atoms with van der Waals surface area (Å²) in [5, 5.41) is 0. The zero-order valence-electron chi connectivity index (χ0n) is 17.4. The highest BCUT2D eigenvalue weighted by atomic mass is 19.4. The Morgan fingerprint density at radius 3 is 2.00 bits per heavy atom. The molecule has 1 aromatic carbocycles. The fraction of sp³-hybridized carbons (Fsp3) is 0.696. The van der Waals surface area contributed by atoms with Crippen LogP contribution in [0.4, 0.5) is 18.0 Å². The van der Waals surface area contributed by atoms with E-state index < -0.39 is 17.2 Å². The summed E-state index contributed by atoms with van der Waals surface area (Å²) in [4.78, 5) is 14.0. The molecule has 1 amide bonds. The average Bonchev–Trinajstić information content (AvgIpc) is 3.40. The molecule has 1 heterocycles. The Labute approximate surface area is 170 Å². The molecule has 1 spiro atoms. The lowest BCUT2D eigenvalue weighted by atomic mass is 9.56. The molecule has 0 radical (unpaired) electrons. The number of ether oxygens (including phenoxy) is 1. The molecule has 29 heavy (non-hydrogen) atoms. The number of nitrogens with zero attached hydrogens (tertiary/aromatic N) is 1. The van der Waals surface area contributed by atoms with E-state index in [1.54, 1.807) is 17.0 Å². The van der Waals surface area contributed by atoms with E-state index >= 15 is 0 Å². The number of piperidine rings is 1. The number of hydrogen-bond donors (Lipinski definition) is 0. The Morgan fingerprint density at radius 1 is 1.00 bits per heavy atom. The second kappa shape index (κ2) is 6.64. The van der Waals surface area contributed by atoms with Crippen LogP contribution in [0.5, 0.6) is 0 Å². The minimum atomic E-state index is -4.16. The molecule has 3 fully saturated rings. The predicted molar refractivity (Wildman–Crippen MR) is 105 cm³/mol. The summed E-state index contributed by atoms with van der Waals surface area (Å²) in [6.45, 7) is 7.05. The molecule has 1 aliphatic heterocycles. The van der Waals surface area contributed by atoms with Gasteiger partial charge in [-0.1, -0.05) is 24.3 Å². The molecule has 0 atom stereocenters. The summed E-state index contributed by atoms with van der Waals surface area (Å²) in [5.41, 5.74) is -0.252. The van der Waals surface area contributed by atoms with Crippen molar-refractivity contribution in [1.82, 2.24) is 4.90 Å². The van der Waals surface area contributed by atoms with E-state index in [4.69, 9.17) is 4.74 Å². The van der Waals surface area contributed by atoms with Crippen molar-refractivity contribution in [2.24, 2.45) is 5.41 Å². The van der Waals surface area contributed by atoms with E-state index in [1.807, 2.05) is 32.9 Å². The summed E-state index contributed by atoms with van der Waals surface area (Å²) >= 11 is 0. The number of carbonyl (C=O) groups excluding carboxylic acids is 1. The molecule has 2 aliphatic carbocycles. The number of halogens is 3. The van der Waals surface area contributed by atoms with E-state index in [1.165, 1.54) is 0 Å². The third-order valence-corrected chi connectivity index (χ3v) is 7.06. The van der Waals surface area contributed by atoms with Gasteiger partial charge in [-0.3, -0.25) is 0 Å². The second-order valence-electron chi connectivity index (χ2n) is 10.3. The maximum absolute atomic E-state index is 13.3. The summed E-state index contributed by atoms with van der Waals surface area (Å²) < 4.78 is 45.4. The van der Waals surface area contributed by atoms with Gasteiger partial charge in [-0.25, -0.2) is 4.79 Å². The van der Waals surface area contributed by atoms with E-state index in [9.17, 15) is 18.0 Å². The lowest BCUT2D eigenvalue weighted by Gasteiger charge is -2.52. The third-order valence-electron chi connectivity index (χ3n) is 7.06. The highest BCUT2D eigenvalue weighted by molar-refractivity contribution is 5.68. The van der Waals surface area contributed by atoms with E-state index in [0.717, 1.165) is 31.2 Å². The SMILES string of the molecule is CC(C)(C)OC(=O)N1CCC2(CC1)CC(c1ccc(C3(C(F)(F)F)CC3)cc1)C2. The minimum Gasteiger partial charge on any atom is -0.444 e. The highest BCUT2D eigenvalue weighted by Crippen LogP contribution is 2.60. The summed E-state index contributed by atoms with van der Waals surface area (Å²) in [5.74, 6) is 0.415. The van der Waals surface area contributed by atoms with Gasteiger partial charge in [-0.2, -0.15) is 13.2 Å². The number of amides is 1. The van der Waals surface area contributed by atoms with Crippen molar-refractivity contribution in [3.8, 4) is 0 Å². The minimum absolute atomic E-state index is 0.205. The molecule has 0 unspecified atom stereocenters. The van der Waals surface area contributed by atoms with Gasteiger partial charge in [-0.05, 0) is 81.8 Å². The molecular weight excluding hydrogens is 379 g/mol. The molecule has 0 aromatic heterocycles. The second-order valence-corrected chi connectivity index (χ2v) is 10.3. The smallest absolute Gasteiger partial charge is 0.410 e. The molecule has 1 aromatic rings. The third kappa shape index (κ3) is 3.87. The van der Waals surface area contributed by atoms with Gasteiger partial charge in [0.2, 0.25) is 0 Å².